The lowest BCUT2D eigenvalue weighted by atomic mass is 10.1. The molecule has 0 spiro atoms. The normalized spacial score (nSPS) is 28.2. The molecule has 2 unspecified atom stereocenters. The fourth-order valence-corrected chi connectivity index (χ4v) is 3.73. The Labute approximate surface area is 126 Å². The van der Waals surface area contributed by atoms with E-state index in [0.29, 0.717) is 6.04 Å². The number of nitrogens with zero attached hydrogens (tertiary/aromatic N) is 2. The zero-order valence-corrected chi connectivity index (χ0v) is 13.7. The third kappa shape index (κ3) is 5.34. The summed E-state index contributed by atoms with van der Waals surface area (Å²) >= 11 is 0. The van der Waals surface area contributed by atoms with Gasteiger partial charge in [-0.15, -0.1) is 0 Å². The van der Waals surface area contributed by atoms with Gasteiger partial charge >= 0.3 is 0 Å². The van der Waals surface area contributed by atoms with E-state index >= 15 is 0 Å². The standard InChI is InChI=1S/C17H35N3/c1-3-10-19-11-7-8-17(9-14-19)18-15-16(2)20-12-5-4-6-13-20/h16-18H,3-15H2,1-2H3. The second-order valence-corrected chi connectivity index (χ2v) is 6.82. The maximum Gasteiger partial charge on any atom is 0.0192 e. The molecule has 0 aromatic heterocycles. The van der Waals surface area contributed by atoms with Gasteiger partial charge in [-0.3, -0.25) is 4.90 Å². The van der Waals surface area contributed by atoms with Gasteiger partial charge in [0.1, 0.15) is 0 Å². The lowest BCUT2D eigenvalue weighted by molar-refractivity contribution is 0.167. The molecule has 2 aliphatic heterocycles. The zero-order valence-electron chi connectivity index (χ0n) is 13.7. The van der Waals surface area contributed by atoms with Crippen LogP contribution in [0.4, 0.5) is 0 Å². The van der Waals surface area contributed by atoms with E-state index in [9.17, 15) is 0 Å². The first kappa shape index (κ1) is 16.3. The Hall–Kier alpha value is -0.120. The molecule has 2 aliphatic rings. The Morgan fingerprint density at radius 2 is 1.80 bits per heavy atom. The third-order valence-electron chi connectivity index (χ3n) is 5.08. The highest BCUT2D eigenvalue weighted by Crippen LogP contribution is 2.14. The average molecular weight is 281 g/mol. The molecule has 0 aromatic carbocycles. The van der Waals surface area contributed by atoms with Crippen LogP contribution in [-0.2, 0) is 0 Å². The van der Waals surface area contributed by atoms with Gasteiger partial charge in [-0.25, -0.2) is 0 Å². The summed E-state index contributed by atoms with van der Waals surface area (Å²) in [5.41, 5.74) is 0. The molecular formula is C17H35N3. The number of piperidine rings is 1. The summed E-state index contributed by atoms with van der Waals surface area (Å²) in [6.45, 7) is 12.4. The van der Waals surface area contributed by atoms with Crippen LogP contribution in [-0.4, -0.2) is 61.2 Å². The molecule has 2 atom stereocenters. The van der Waals surface area contributed by atoms with Gasteiger partial charge in [0.05, 0.1) is 0 Å². The average Bonchev–Trinajstić information content (AvgIpc) is 2.71. The van der Waals surface area contributed by atoms with Crippen molar-refractivity contribution < 1.29 is 0 Å². The van der Waals surface area contributed by atoms with Gasteiger partial charge in [0, 0.05) is 18.6 Å². The lowest BCUT2D eigenvalue weighted by Gasteiger charge is -2.33. The van der Waals surface area contributed by atoms with E-state index in [4.69, 9.17) is 0 Å². The fraction of sp³-hybridized carbons (Fsp3) is 1.00. The minimum atomic E-state index is 0.713. The highest BCUT2D eigenvalue weighted by atomic mass is 15.2. The summed E-state index contributed by atoms with van der Waals surface area (Å²) in [6, 6.07) is 1.47. The van der Waals surface area contributed by atoms with Crippen molar-refractivity contribution in [3.05, 3.63) is 0 Å². The Bertz CT molecular complexity index is 251. The Morgan fingerprint density at radius 1 is 1.00 bits per heavy atom. The summed E-state index contributed by atoms with van der Waals surface area (Å²) < 4.78 is 0. The Morgan fingerprint density at radius 3 is 2.55 bits per heavy atom. The quantitative estimate of drug-likeness (QED) is 0.807. The third-order valence-corrected chi connectivity index (χ3v) is 5.08. The van der Waals surface area contributed by atoms with Crippen molar-refractivity contribution in [2.45, 2.75) is 70.9 Å². The van der Waals surface area contributed by atoms with Crippen LogP contribution in [0.2, 0.25) is 0 Å². The van der Waals surface area contributed by atoms with E-state index < -0.39 is 0 Å². The van der Waals surface area contributed by atoms with Crippen molar-refractivity contribution in [2.24, 2.45) is 0 Å². The van der Waals surface area contributed by atoms with Gasteiger partial charge in [-0.2, -0.15) is 0 Å². The molecule has 2 heterocycles. The van der Waals surface area contributed by atoms with Crippen molar-refractivity contribution in [3.8, 4) is 0 Å². The molecule has 1 N–H and O–H groups in total. The van der Waals surface area contributed by atoms with Crippen molar-refractivity contribution in [1.29, 1.82) is 0 Å². The topological polar surface area (TPSA) is 18.5 Å². The predicted molar refractivity (Wildman–Crippen MR) is 87.3 cm³/mol. The molecule has 2 rings (SSSR count). The number of hydrogen-bond acceptors (Lipinski definition) is 3. The first-order valence-corrected chi connectivity index (χ1v) is 8.99. The summed E-state index contributed by atoms with van der Waals surface area (Å²) in [5, 5.41) is 3.85. The molecule has 0 radical (unpaired) electrons. The van der Waals surface area contributed by atoms with E-state index in [1.807, 2.05) is 0 Å². The van der Waals surface area contributed by atoms with Crippen LogP contribution in [0.3, 0.4) is 0 Å². The minimum absolute atomic E-state index is 0.713. The van der Waals surface area contributed by atoms with Crippen LogP contribution < -0.4 is 5.32 Å². The summed E-state index contributed by atoms with van der Waals surface area (Å²) in [5.74, 6) is 0. The first-order valence-electron chi connectivity index (χ1n) is 8.99. The van der Waals surface area contributed by atoms with Crippen molar-refractivity contribution >= 4 is 0 Å². The number of hydrogen-bond donors (Lipinski definition) is 1. The smallest absolute Gasteiger partial charge is 0.0192 e. The van der Waals surface area contributed by atoms with Crippen LogP contribution >= 0.6 is 0 Å². The van der Waals surface area contributed by atoms with Crippen LogP contribution in [0, 0.1) is 0 Å². The molecule has 0 saturated carbocycles. The van der Waals surface area contributed by atoms with Crippen LogP contribution in [0.25, 0.3) is 0 Å². The lowest BCUT2D eigenvalue weighted by Crippen LogP contribution is -2.45. The SMILES string of the molecule is CCCN1CCCC(NCC(C)N2CCCCC2)CC1. The van der Waals surface area contributed by atoms with Crippen LogP contribution in [0.1, 0.15) is 58.8 Å². The molecule has 0 aliphatic carbocycles. The highest BCUT2D eigenvalue weighted by molar-refractivity contribution is 4.79. The van der Waals surface area contributed by atoms with Gasteiger partial charge in [0.2, 0.25) is 0 Å². The monoisotopic (exact) mass is 281 g/mol. The van der Waals surface area contributed by atoms with Gasteiger partial charge in [0.15, 0.2) is 0 Å². The molecular weight excluding hydrogens is 246 g/mol. The number of rotatable bonds is 6. The largest absolute Gasteiger partial charge is 0.312 e. The second-order valence-electron chi connectivity index (χ2n) is 6.82. The van der Waals surface area contributed by atoms with Crippen LogP contribution in [0.15, 0.2) is 0 Å². The van der Waals surface area contributed by atoms with E-state index in [0.717, 1.165) is 6.04 Å². The first-order chi connectivity index (χ1) is 9.79. The molecule has 20 heavy (non-hydrogen) atoms. The van der Waals surface area contributed by atoms with Crippen molar-refractivity contribution in [3.63, 3.8) is 0 Å². The van der Waals surface area contributed by atoms with Gasteiger partial charge in [-0.1, -0.05) is 13.3 Å². The number of nitrogens with one attached hydrogen (secondary N) is 1. The molecule has 2 saturated heterocycles. The summed E-state index contributed by atoms with van der Waals surface area (Å²) in [7, 11) is 0. The van der Waals surface area contributed by atoms with Gasteiger partial charge < -0.3 is 10.2 Å². The van der Waals surface area contributed by atoms with E-state index in [2.05, 4.69) is 29.0 Å². The second kappa shape index (κ2) is 9.01. The summed E-state index contributed by atoms with van der Waals surface area (Å²) in [4.78, 5) is 5.33. The molecule has 0 bridgehead atoms. The minimum Gasteiger partial charge on any atom is -0.312 e. The van der Waals surface area contributed by atoms with E-state index in [1.54, 1.807) is 0 Å². The zero-order chi connectivity index (χ0) is 14.2. The highest BCUT2D eigenvalue weighted by Gasteiger charge is 2.19. The van der Waals surface area contributed by atoms with Crippen LogP contribution in [0.5, 0.6) is 0 Å². The predicted octanol–water partition coefficient (Wildman–Crippen LogP) is 2.71. The van der Waals surface area contributed by atoms with Crippen molar-refractivity contribution in [2.75, 3.05) is 39.3 Å². The molecule has 0 amide bonds. The number of likely N-dealkylation sites (tertiary alicyclic amines) is 2. The van der Waals surface area contributed by atoms with E-state index in [1.165, 1.54) is 84.2 Å². The van der Waals surface area contributed by atoms with E-state index in [-0.39, 0.29) is 0 Å². The fourth-order valence-electron chi connectivity index (χ4n) is 3.73. The van der Waals surface area contributed by atoms with Crippen molar-refractivity contribution in [1.82, 2.24) is 15.1 Å². The molecule has 2 fully saturated rings. The van der Waals surface area contributed by atoms with Gasteiger partial charge in [0.25, 0.3) is 0 Å². The molecule has 3 nitrogen and oxygen atoms in total. The summed E-state index contributed by atoms with van der Waals surface area (Å²) in [6.07, 6.45) is 9.62. The maximum absolute atomic E-state index is 3.85. The maximum atomic E-state index is 3.85. The molecule has 3 heteroatoms. The molecule has 118 valence electrons. The van der Waals surface area contributed by atoms with Gasteiger partial charge in [-0.05, 0) is 78.2 Å². The molecule has 0 aromatic rings. The Kier molecular flexibility index (Phi) is 7.32. The Balaban J connectivity index is 1.65.